The van der Waals surface area contributed by atoms with Gasteiger partial charge in [-0.25, -0.2) is 5.01 Å². The molecule has 0 saturated carbocycles. The highest BCUT2D eigenvalue weighted by atomic mass is 35.5. The van der Waals surface area contributed by atoms with Gasteiger partial charge in [0.15, 0.2) is 0 Å². The Morgan fingerprint density at radius 2 is 1.80 bits per heavy atom. The smallest absolute Gasteiger partial charge is 0.303 e. The number of carbonyl (C=O) groups is 2. The summed E-state index contributed by atoms with van der Waals surface area (Å²) in [6, 6.07) is 19.4. The van der Waals surface area contributed by atoms with Gasteiger partial charge in [0.1, 0.15) is 11.5 Å². The first-order valence-corrected chi connectivity index (χ1v) is 13.4. The van der Waals surface area contributed by atoms with Crippen LogP contribution in [0.2, 0.25) is 5.02 Å². The Bertz CT molecular complexity index is 1720. The summed E-state index contributed by atoms with van der Waals surface area (Å²) in [6.07, 6.45) is 0.193. The highest BCUT2D eigenvalue weighted by molar-refractivity contribution is 6.31. The van der Waals surface area contributed by atoms with Gasteiger partial charge in [-0.05, 0) is 48.4 Å². The number of fused-ring (bicyclic) bond motifs is 1. The molecule has 1 atom stereocenters. The lowest BCUT2D eigenvalue weighted by Crippen LogP contribution is -2.27. The Morgan fingerprint density at radius 1 is 1.02 bits per heavy atom. The van der Waals surface area contributed by atoms with Crippen molar-refractivity contribution in [3.63, 3.8) is 0 Å². The number of nitrogens with one attached hydrogen (secondary N) is 1. The van der Waals surface area contributed by atoms with Crippen molar-refractivity contribution in [2.75, 3.05) is 14.2 Å². The van der Waals surface area contributed by atoms with Gasteiger partial charge in [-0.1, -0.05) is 41.9 Å². The first-order chi connectivity index (χ1) is 19.8. The van der Waals surface area contributed by atoms with Crippen molar-refractivity contribution in [3.8, 4) is 22.6 Å². The Labute approximate surface area is 241 Å². The van der Waals surface area contributed by atoms with Crippen molar-refractivity contribution in [1.29, 1.82) is 0 Å². The normalized spacial score (nSPS) is 14.7. The van der Waals surface area contributed by atoms with Crippen molar-refractivity contribution in [1.82, 2.24) is 9.99 Å². The standard InChI is InChI=1S/C31H28ClN3O6/c1-40-20-12-14-26(41-2)22(16-20)25-17-24(34-35(25)27(36)9-6-10-28(37)38)30-29(18-7-4-3-5-8-18)21-15-19(32)11-13-23(21)33-31(30)39/h3-5,7-8,11-16,25H,6,9-10,17H2,1-2H3,(H,33,39)(H,37,38)/t25-/m0/s1. The topological polar surface area (TPSA) is 121 Å². The van der Waals surface area contributed by atoms with E-state index in [1.807, 2.05) is 30.3 Å². The number of carbonyl (C=O) groups excluding carboxylic acids is 1. The number of halogens is 1. The van der Waals surface area contributed by atoms with Gasteiger partial charge in [0, 0.05) is 46.3 Å². The van der Waals surface area contributed by atoms with Gasteiger partial charge in [-0.2, -0.15) is 5.10 Å². The third-order valence-electron chi connectivity index (χ3n) is 7.07. The molecule has 1 amide bonds. The number of ether oxygens (including phenoxy) is 2. The molecule has 0 saturated heterocycles. The van der Waals surface area contributed by atoms with Crippen LogP contribution in [0.1, 0.15) is 42.9 Å². The Morgan fingerprint density at radius 3 is 2.51 bits per heavy atom. The molecule has 10 heteroatoms. The predicted molar refractivity (Wildman–Crippen MR) is 157 cm³/mol. The highest BCUT2D eigenvalue weighted by Crippen LogP contribution is 2.41. The van der Waals surface area contributed by atoms with Crippen LogP contribution in [0.5, 0.6) is 11.5 Å². The van der Waals surface area contributed by atoms with Gasteiger partial charge < -0.3 is 19.6 Å². The number of pyridine rings is 1. The van der Waals surface area contributed by atoms with Crippen LogP contribution in [0.4, 0.5) is 0 Å². The molecule has 0 bridgehead atoms. The number of H-pyrrole nitrogens is 1. The van der Waals surface area contributed by atoms with Gasteiger partial charge in [-0.15, -0.1) is 0 Å². The maximum absolute atomic E-state index is 13.7. The summed E-state index contributed by atoms with van der Waals surface area (Å²) in [5.74, 6) is -0.255. The summed E-state index contributed by atoms with van der Waals surface area (Å²) in [4.78, 5) is 41.2. The molecular weight excluding hydrogens is 546 g/mol. The quantitative estimate of drug-likeness (QED) is 0.261. The summed E-state index contributed by atoms with van der Waals surface area (Å²) >= 11 is 6.39. The van der Waals surface area contributed by atoms with E-state index >= 15 is 0 Å². The molecule has 0 aliphatic carbocycles. The average molecular weight is 574 g/mol. The van der Waals surface area contributed by atoms with E-state index in [0.717, 1.165) is 10.9 Å². The number of rotatable bonds is 9. The second-order valence-electron chi connectivity index (χ2n) is 9.62. The van der Waals surface area contributed by atoms with Gasteiger partial charge >= 0.3 is 5.97 Å². The SMILES string of the molecule is COc1ccc(OC)c([C@@H]2CC(c3c(-c4ccccc4)c4cc(Cl)ccc4[nH]c3=O)=NN2C(=O)CCCC(=O)O)c1. The van der Waals surface area contributed by atoms with E-state index in [1.54, 1.807) is 43.5 Å². The molecular formula is C31H28ClN3O6. The Balaban J connectivity index is 1.69. The van der Waals surface area contributed by atoms with Crippen molar-refractivity contribution in [3.05, 3.63) is 93.2 Å². The monoisotopic (exact) mass is 573 g/mol. The van der Waals surface area contributed by atoms with Crippen LogP contribution in [0.3, 0.4) is 0 Å². The molecule has 2 N–H and O–H groups in total. The van der Waals surface area contributed by atoms with Gasteiger partial charge in [-0.3, -0.25) is 14.4 Å². The first-order valence-electron chi connectivity index (χ1n) is 13.0. The molecule has 1 aliphatic heterocycles. The minimum atomic E-state index is -0.983. The number of carboxylic acid groups (broad SMARTS) is 1. The number of nitrogens with zero attached hydrogens (tertiary/aromatic N) is 2. The van der Waals surface area contributed by atoms with Crippen LogP contribution in [-0.2, 0) is 9.59 Å². The van der Waals surface area contributed by atoms with Crippen LogP contribution < -0.4 is 15.0 Å². The molecule has 1 aromatic heterocycles. The van der Waals surface area contributed by atoms with E-state index in [0.29, 0.717) is 44.4 Å². The number of aromatic nitrogens is 1. The van der Waals surface area contributed by atoms with Crippen LogP contribution >= 0.6 is 11.6 Å². The van der Waals surface area contributed by atoms with Crippen molar-refractivity contribution < 1.29 is 24.2 Å². The molecule has 2 heterocycles. The summed E-state index contributed by atoms with van der Waals surface area (Å²) in [6.45, 7) is 0. The fourth-order valence-electron chi connectivity index (χ4n) is 5.18. The molecule has 1 aliphatic rings. The second kappa shape index (κ2) is 11.9. The number of carboxylic acids is 1. The largest absolute Gasteiger partial charge is 0.497 e. The van der Waals surface area contributed by atoms with Crippen molar-refractivity contribution >= 4 is 40.1 Å². The van der Waals surface area contributed by atoms with Crippen LogP contribution in [0, 0.1) is 0 Å². The number of aliphatic carboxylic acids is 1. The molecule has 5 rings (SSSR count). The lowest BCUT2D eigenvalue weighted by Gasteiger charge is -2.24. The summed E-state index contributed by atoms with van der Waals surface area (Å²) in [5.41, 5.74) is 3.11. The zero-order valence-corrected chi connectivity index (χ0v) is 23.3. The van der Waals surface area contributed by atoms with E-state index in [-0.39, 0.29) is 37.1 Å². The molecule has 0 spiro atoms. The van der Waals surface area contributed by atoms with E-state index in [4.69, 9.17) is 31.3 Å². The fraction of sp³-hybridized carbons (Fsp3) is 0.226. The number of hydrogen-bond donors (Lipinski definition) is 2. The zero-order valence-electron chi connectivity index (χ0n) is 22.5. The molecule has 210 valence electrons. The zero-order chi connectivity index (χ0) is 29.1. The number of methoxy groups -OCH3 is 2. The van der Waals surface area contributed by atoms with Crippen LogP contribution in [0.25, 0.3) is 22.0 Å². The predicted octanol–water partition coefficient (Wildman–Crippen LogP) is 5.80. The minimum absolute atomic E-state index is 0.0267. The third-order valence-corrected chi connectivity index (χ3v) is 7.31. The lowest BCUT2D eigenvalue weighted by atomic mass is 9.90. The van der Waals surface area contributed by atoms with E-state index < -0.39 is 12.0 Å². The first kappa shape index (κ1) is 27.9. The number of benzene rings is 3. The Kier molecular flexibility index (Phi) is 8.07. The van der Waals surface area contributed by atoms with Crippen LogP contribution in [-0.4, -0.2) is 46.9 Å². The lowest BCUT2D eigenvalue weighted by molar-refractivity contribution is -0.137. The third kappa shape index (κ3) is 5.67. The molecule has 4 aromatic rings. The highest BCUT2D eigenvalue weighted by Gasteiger charge is 2.37. The maximum Gasteiger partial charge on any atom is 0.303 e. The summed E-state index contributed by atoms with van der Waals surface area (Å²) in [7, 11) is 3.08. The maximum atomic E-state index is 13.7. The van der Waals surface area contributed by atoms with E-state index in [1.165, 1.54) is 12.1 Å². The van der Waals surface area contributed by atoms with Crippen molar-refractivity contribution in [2.45, 2.75) is 31.7 Å². The number of hydrogen-bond acceptors (Lipinski definition) is 6. The van der Waals surface area contributed by atoms with Gasteiger partial charge in [0.05, 0.1) is 31.5 Å². The fourth-order valence-corrected chi connectivity index (χ4v) is 5.36. The van der Waals surface area contributed by atoms with E-state index in [2.05, 4.69) is 4.98 Å². The van der Waals surface area contributed by atoms with Crippen LogP contribution in [0.15, 0.2) is 76.6 Å². The summed E-state index contributed by atoms with van der Waals surface area (Å²) < 4.78 is 11.1. The van der Waals surface area contributed by atoms with Crippen molar-refractivity contribution in [2.24, 2.45) is 5.10 Å². The average Bonchev–Trinajstić information content (AvgIpc) is 3.41. The molecule has 41 heavy (non-hydrogen) atoms. The number of aromatic amines is 1. The minimum Gasteiger partial charge on any atom is -0.497 e. The van der Waals surface area contributed by atoms with Gasteiger partial charge in [0.25, 0.3) is 5.56 Å². The Hall–Kier alpha value is -4.63. The number of amides is 1. The van der Waals surface area contributed by atoms with E-state index in [9.17, 15) is 14.4 Å². The van der Waals surface area contributed by atoms with Gasteiger partial charge in [0.2, 0.25) is 5.91 Å². The molecule has 0 radical (unpaired) electrons. The number of hydrazone groups is 1. The molecule has 0 fully saturated rings. The summed E-state index contributed by atoms with van der Waals surface area (Å²) in [5, 5.41) is 16.4. The molecule has 0 unspecified atom stereocenters. The molecule has 9 nitrogen and oxygen atoms in total. The second-order valence-corrected chi connectivity index (χ2v) is 10.1. The molecule has 3 aromatic carbocycles.